The molecule has 1 heterocycles. The predicted octanol–water partition coefficient (Wildman–Crippen LogP) is 4.10. The van der Waals surface area contributed by atoms with Crippen molar-refractivity contribution in [3.8, 4) is 0 Å². The van der Waals surface area contributed by atoms with Gasteiger partial charge < -0.3 is 10.2 Å². The molecule has 24 heavy (non-hydrogen) atoms. The summed E-state index contributed by atoms with van der Waals surface area (Å²) >= 11 is 8.94. The normalized spacial score (nSPS) is 15.3. The molecule has 0 aromatic heterocycles. The molecule has 0 aliphatic carbocycles. The lowest BCUT2D eigenvalue weighted by atomic mass is 10.2. The first-order chi connectivity index (χ1) is 11.6. The van der Waals surface area contributed by atoms with E-state index in [1.54, 1.807) is 0 Å². The van der Waals surface area contributed by atoms with Crippen LogP contribution in [0.4, 0.5) is 10.1 Å². The summed E-state index contributed by atoms with van der Waals surface area (Å²) in [4.78, 5) is 4.56. The van der Waals surface area contributed by atoms with Gasteiger partial charge in [0.2, 0.25) is 0 Å². The summed E-state index contributed by atoms with van der Waals surface area (Å²) in [7, 11) is 0. The predicted molar refractivity (Wildman–Crippen MR) is 104 cm³/mol. The maximum atomic E-state index is 13.0. The Balaban J connectivity index is 1.48. The van der Waals surface area contributed by atoms with E-state index in [9.17, 15) is 4.39 Å². The first-order valence-electron chi connectivity index (χ1n) is 7.88. The van der Waals surface area contributed by atoms with E-state index in [2.05, 4.69) is 31.0 Å². The fourth-order valence-corrected chi connectivity index (χ4v) is 3.26. The van der Waals surface area contributed by atoms with Crippen LogP contribution in [0.2, 0.25) is 0 Å². The number of nitrogens with one attached hydrogen (secondary N) is 1. The standard InChI is InChI=1S/C18H19BrFN3S/c19-15-3-7-17(8-4-15)21-18(24)23-11-9-22(10-12-23)13-14-1-5-16(20)6-2-14/h1-8H,9-13H2,(H,21,24). The monoisotopic (exact) mass is 407 g/mol. The molecule has 6 heteroatoms. The van der Waals surface area contributed by atoms with Gasteiger partial charge in [-0.05, 0) is 54.2 Å². The molecule has 126 valence electrons. The molecule has 1 saturated heterocycles. The maximum Gasteiger partial charge on any atom is 0.173 e. The van der Waals surface area contributed by atoms with Crippen molar-refractivity contribution in [2.24, 2.45) is 0 Å². The van der Waals surface area contributed by atoms with Crippen LogP contribution in [0.3, 0.4) is 0 Å². The van der Waals surface area contributed by atoms with Gasteiger partial charge >= 0.3 is 0 Å². The Morgan fingerprint density at radius 2 is 1.62 bits per heavy atom. The highest BCUT2D eigenvalue weighted by molar-refractivity contribution is 9.10. The third-order valence-electron chi connectivity index (χ3n) is 4.07. The minimum absolute atomic E-state index is 0.187. The Morgan fingerprint density at radius 3 is 2.25 bits per heavy atom. The van der Waals surface area contributed by atoms with Crippen LogP contribution in [-0.4, -0.2) is 41.1 Å². The molecule has 1 aliphatic heterocycles. The smallest absolute Gasteiger partial charge is 0.173 e. The molecule has 0 saturated carbocycles. The summed E-state index contributed by atoms with van der Waals surface area (Å²) in [6.45, 7) is 4.52. The van der Waals surface area contributed by atoms with Gasteiger partial charge in [0.25, 0.3) is 0 Å². The van der Waals surface area contributed by atoms with Crippen molar-refractivity contribution in [2.75, 3.05) is 31.5 Å². The quantitative estimate of drug-likeness (QED) is 0.771. The van der Waals surface area contributed by atoms with Crippen LogP contribution in [0.1, 0.15) is 5.56 Å². The zero-order valence-corrected chi connectivity index (χ0v) is 15.6. The fourth-order valence-electron chi connectivity index (χ4n) is 2.69. The second-order valence-electron chi connectivity index (χ2n) is 5.83. The molecule has 0 bridgehead atoms. The van der Waals surface area contributed by atoms with Crippen LogP contribution in [0.15, 0.2) is 53.0 Å². The molecular weight excluding hydrogens is 389 g/mol. The van der Waals surface area contributed by atoms with Crippen LogP contribution in [0.5, 0.6) is 0 Å². The summed E-state index contributed by atoms with van der Waals surface area (Å²) in [5.41, 5.74) is 2.14. The number of thiocarbonyl (C=S) groups is 1. The van der Waals surface area contributed by atoms with Gasteiger partial charge in [-0.3, -0.25) is 4.90 Å². The number of hydrogen-bond acceptors (Lipinski definition) is 2. The van der Waals surface area contributed by atoms with Crippen LogP contribution in [-0.2, 0) is 6.54 Å². The van der Waals surface area contributed by atoms with E-state index in [4.69, 9.17) is 12.2 Å². The third kappa shape index (κ3) is 4.75. The molecule has 3 rings (SSSR count). The average molecular weight is 408 g/mol. The topological polar surface area (TPSA) is 18.5 Å². The zero-order chi connectivity index (χ0) is 16.9. The van der Waals surface area contributed by atoms with Gasteiger partial charge in [-0.1, -0.05) is 28.1 Å². The van der Waals surface area contributed by atoms with Gasteiger partial charge in [-0.2, -0.15) is 0 Å². The third-order valence-corrected chi connectivity index (χ3v) is 4.96. The average Bonchev–Trinajstić information content (AvgIpc) is 2.59. The number of hydrogen-bond donors (Lipinski definition) is 1. The Labute approximate surface area is 155 Å². The first kappa shape index (κ1) is 17.3. The van der Waals surface area contributed by atoms with Crippen molar-refractivity contribution < 1.29 is 4.39 Å². The van der Waals surface area contributed by atoms with Gasteiger partial charge in [-0.15, -0.1) is 0 Å². The van der Waals surface area contributed by atoms with Crippen molar-refractivity contribution in [2.45, 2.75) is 6.54 Å². The van der Waals surface area contributed by atoms with E-state index < -0.39 is 0 Å². The van der Waals surface area contributed by atoms with E-state index in [1.807, 2.05) is 36.4 Å². The number of anilines is 1. The van der Waals surface area contributed by atoms with E-state index in [0.717, 1.165) is 53.6 Å². The Hall–Kier alpha value is -1.50. The van der Waals surface area contributed by atoms with Crippen LogP contribution in [0, 0.1) is 5.82 Å². The molecule has 1 fully saturated rings. The molecule has 2 aromatic carbocycles. The molecule has 0 radical (unpaired) electrons. The van der Waals surface area contributed by atoms with E-state index in [1.165, 1.54) is 12.1 Å². The number of piperazine rings is 1. The minimum atomic E-state index is -0.187. The van der Waals surface area contributed by atoms with Gasteiger partial charge in [0.1, 0.15) is 5.82 Å². The van der Waals surface area contributed by atoms with Gasteiger partial charge in [-0.25, -0.2) is 4.39 Å². The summed E-state index contributed by atoms with van der Waals surface area (Å²) in [5.74, 6) is -0.187. The van der Waals surface area contributed by atoms with Crippen LogP contribution in [0.25, 0.3) is 0 Å². The van der Waals surface area contributed by atoms with E-state index in [-0.39, 0.29) is 5.82 Å². The maximum absolute atomic E-state index is 13.0. The van der Waals surface area contributed by atoms with E-state index >= 15 is 0 Å². The molecular formula is C18H19BrFN3S. The van der Waals surface area contributed by atoms with Gasteiger partial charge in [0.05, 0.1) is 0 Å². The van der Waals surface area contributed by atoms with Crippen molar-refractivity contribution in [1.29, 1.82) is 0 Å². The lowest BCUT2D eigenvalue weighted by Gasteiger charge is -2.36. The second-order valence-corrected chi connectivity index (χ2v) is 7.13. The van der Waals surface area contributed by atoms with Crippen molar-refractivity contribution >= 4 is 38.9 Å². The van der Waals surface area contributed by atoms with Crippen molar-refractivity contribution in [1.82, 2.24) is 9.80 Å². The highest BCUT2D eigenvalue weighted by Crippen LogP contribution is 2.15. The zero-order valence-electron chi connectivity index (χ0n) is 13.2. The summed E-state index contributed by atoms with van der Waals surface area (Å²) in [5, 5.41) is 4.05. The van der Waals surface area contributed by atoms with Crippen molar-refractivity contribution in [3.05, 3.63) is 64.4 Å². The van der Waals surface area contributed by atoms with Crippen molar-refractivity contribution in [3.63, 3.8) is 0 Å². The Kier molecular flexibility index (Phi) is 5.81. The molecule has 3 nitrogen and oxygen atoms in total. The Morgan fingerprint density at radius 1 is 1.00 bits per heavy atom. The van der Waals surface area contributed by atoms with Gasteiger partial charge in [0.15, 0.2) is 5.11 Å². The number of nitrogens with zero attached hydrogens (tertiary/aromatic N) is 2. The number of benzene rings is 2. The fraction of sp³-hybridized carbons (Fsp3) is 0.278. The molecule has 0 unspecified atom stereocenters. The highest BCUT2D eigenvalue weighted by atomic mass is 79.9. The molecule has 1 aliphatic rings. The largest absolute Gasteiger partial charge is 0.346 e. The van der Waals surface area contributed by atoms with Crippen LogP contribution >= 0.6 is 28.1 Å². The lowest BCUT2D eigenvalue weighted by molar-refractivity contribution is 0.177. The summed E-state index contributed by atoms with van der Waals surface area (Å²) in [6.07, 6.45) is 0. The molecule has 0 spiro atoms. The lowest BCUT2D eigenvalue weighted by Crippen LogP contribution is -2.49. The second kappa shape index (κ2) is 8.05. The first-order valence-corrected chi connectivity index (χ1v) is 9.08. The summed E-state index contributed by atoms with van der Waals surface area (Å²) in [6, 6.07) is 14.7. The molecule has 2 aromatic rings. The summed E-state index contributed by atoms with van der Waals surface area (Å²) < 4.78 is 14.0. The number of rotatable bonds is 3. The molecule has 1 N–H and O–H groups in total. The minimum Gasteiger partial charge on any atom is -0.346 e. The van der Waals surface area contributed by atoms with Crippen LogP contribution < -0.4 is 5.32 Å². The highest BCUT2D eigenvalue weighted by Gasteiger charge is 2.19. The Bertz CT molecular complexity index is 682. The SMILES string of the molecule is Fc1ccc(CN2CCN(C(=S)Nc3ccc(Br)cc3)CC2)cc1. The van der Waals surface area contributed by atoms with E-state index in [0.29, 0.717) is 0 Å². The van der Waals surface area contributed by atoms with Gasteiger partial charge in [0, 0.05) is 42.9 Å². The molecule has 0 amide bonds. The number of halogens is 2. The molecule has 0 atom stereocenters.